The van der Waals surface area contributed by atoms with Crippen LogP contribution in [0, 0.1) is 6.92 Å². The van der Waals surface area contributed by atoms with Gasteiger partial charge in [-0.3, -0.25) is 45.0 Å². The molecule has 282 valence electrons. The molecule has 0 bridgehead atoms. The van der Waals surface area contributed by atoms with Crippen molar-refractivity contribution < 1.29 is 63.2 Å². The highest BCUT2D eigenvalue weighted by molar-refractivity contribution is 6.08. The van der Waals surface area contributed by atoms with Gasteiger partial charge >= 0.3 is 36.0 Å². The number of rotatable bonds is 7. The number of ether oxygens (including phenoxy) is 1. The number of anilines is 3. The number of methoxy groups -OCH3 is 1. The average Bonchev–Trinajstić information content (AvgIpc) is 3.12. The molecule has 0 atom stereocenters. The third-order valence-corrected chi connectivity index (χ3v) is 8.03. The van der Waals surface area contributed by atoms with E-state index in [4.69, 9.17) is 20.1 Å². The van der Waals surface area contributed by atoms with Crippen molar-refractivity contribution in [1.82, 2.24) is 16.0 Å². The number of imide groups is 3. The first-order chi connectivity index (χ1) is 25.6. The fourth-order valence-corrected chi connectivity index (χ4v) is 5.27. The molecule has 0 aromatic heterocycles. The van der Waals surface area contributed by atoms with Crippen molar-refractivity contribution in [2.45, 2.75) is 26.2 Å². The summed E-state index contributed by atoms with van der Waals surface area (Å²) in [6.07, 6.45) is 0.581. The van der Waals surface area contributed by atoms with Crippen molar-refractivity contribution in [3.8, 4) is 5.75 Å². The van der Waals surface area contributed by atoms with Crippen LogP contribution in [0.2, 0.25) is 0 Å². The Labute approximate surface area is 306 Å². The zero-order valence-corrected chi connectivity index (χ0v) is 28.8. The number of urea groups is 3. The van der Waals surface area contributed by atoms with Crippen molar-refractivity contribution in [2.75, 3.05) is 41.4 Å². The molecule has 6 rings (SSSR count). The number of carboxylic acids is 3. The molecule has 0 unspecified atom stereocenters. The van der Waals surface area contributed by atoms with Gasteiger partial charge in [-0.05, 0) is 61.0 Å². The second kappa shape index (κ2) is 17.3. The zero-order chi connectivity index (χ0) is 39.7. The molecule has 3 saturated heterocycles. The fraction of sp³-hybridized carbons (Fsp3) is 0.229. The van der Waals surface area contributed by atoms with Gasteiger partial charge in [0.25, 0.3) is 0 Å². The van der Waals surface area contributed by atoms with Gasteiger partial charge in [0.2, 0.25) is 17.7 Å². The first-order valence-electron chi connectivity index (χ1n) is 16.0. The molecule has 3 aliphatic heterocycles. The van der Waals surface area contributed by atoms with Gasteiger partial charge < -0.3 is 20.1 Å². The lowest BCUT2D eigenvalue weighted by Crippen LogP contribution is -2.49. The lowest BCUT2D eigenvalue weighted by Gasteiger charge is -2.28. The lowest BCUT2D eigenvalue weighted by molar-refractivity contribution is -0.121. The molecular formula is C35H34N6O13. The Hall–Kier alpha value is -7.31. The molecule has 19 heteroatoms. The predicted octanol–water partition coefficient (Wildman–Crippen LogP) is 2.81. The number of hydrogen-bond acceptors (Lipinski definition) is 10. The summed E-state index contributed by atoms with van der Waals surface area (Å²) in [5, 5.41) is 33.3. The average molecular weight is 747 g/mol. The molecular weight excluding hydrogens is 712 g/mol. The number of carboxylic acid groups (broad SMARTS) is 3. The minimum Gasteiger partial charge on any atom is -0.495 e. The van der Waals surface area contributed by atoms with Gasteiger partial charge in [-0.1, -0.05) is 12.1 Å². The summed E-state index contributed by atoms with van der Waals surface area (Å²) in [5.74, 6) is -3.82. The number of aryl methyl sites for hydroxylation is 1. The van der Waals surface area contributed by atoms with Crippen LogP contribution in [-0.4, -0.2) is 95.8 Å². The van der Waals surface area contributed by atoms with Crippen LogP contribution in [0.3, 0.4) is 0 Å². The molecule has 19 nitrogen and oxygen atoms in total. The third-order valence-electron chi connectivity index (χ3n) is 8.03. The number of benzene rings is 3. The number of carbonyl (C=O) groups excluding carboxylic acids is 6. The number of nitrogens with one attached hydrogen (secondary N) is 3. The Bertz CT molecular complexity index is 2050. The van der Waals surface area contributed by atoms with Gasteiger partial charge in [-0.2, -0.15) is 0 Å². The van der Waals surface area contributed by atoms with Gasteiger partial charge in [0.05, 0.1) is 29.5 Å². The minimum absolute atomic E-state index is 0.0421. The maximum atomic E-state index is 11.7. The number of amides is 9. The zero-order valence-electron chi connectivity index (χ0n) is 28.8. The summed E-state index contributed by atoms with van der Waals surface area (Å²) >= 11 is 0. The SMILES string of the molecule is COc1ccc(C(=O)O)cc1N1CCC(=O)NC1=O.Cc1ccc(C(=O)O)cc1N1CCC(=O)NC1=O.O=C1CCN(c2cccc(C(=O)O)c2)C(=O)N1. The van der Waals surface area contributed by atoms with E-state index in [2.05, 4.69) is 16.0 Å². The van der Waals surface area contributed by atoms with Crippen LogP contribution in [0.4, 0.5) is 31.4 Å². The molecule has 0 aliphatic carbocycles. The lowest BCUT2D eigenvalue weighted by atomic mass is 10.1. The van der Waals surface area contributed by atoms with Gasteiger partial charge in [0.15, 0.2) is 0 Å². The second-order valence-electron chi connectivity index (χ2n) is 11.6. The maximum absolute atomic E-state index is 11.7. The largest absolute Gasteiger partial charge is 0.495 e. The number of hydrogen-bond donors (Lipinski definition) is 6. The molecule has 3 aromatic rings. The minimum atomic E-state index is -1.10. The molecule has 9 amide bonds. The quantitative estimate of drug-likeness (QED) is 0.203. The van der Waals surface area contributed by atoms with Crippen LogP contribution in [0.1, 0.15) is 55.9 Å². The van der Waals surface area contributed by atoms with Gasteiger partial charge in [0.1, 0.15) is 5.75 Å². The van der Waals surface area contributed by atoms with Gasteiger partial charge in [0, 0.05) is 50.3 Å². The second-order valence-corrected chi connectivity index (χ2v) is 11.6. The Balaban J connectivity index is 0.000000181. The number of nitrogens with zero attached hydrogens (tertiary/aromatic N) is 3. The van der Waals surface area contributed by atoms with Crippen LogP contribution in [0.5, 0.6) is 5.75 Å². The van der Waals surface area contributed by atoms with Crippen molar-refractivity contribution in [2.24, 2.45) is 0 Å². The first kappa shape index (κ1) is 39.5. The van der Waals surface area contributed by atoms with Crippen molar-refractivity contribution in [3.05, 3.63) is 82.9 Å². The van der Waals surface area contributed by atoms with Crippen molar-refractivity contribution >= 4 is 70.8 Å². The van der Waals surface area contributed by atoms with Crippen molar-refractivity contribution in [3.63, 3.8) is 0 Å². The summed E-state index contributed by atoms with van der Waals surface area (Å²) in [6.45, 7) is 2.48. The third kappa shape index (κ3) is 9.72. The van der Waals surface area contributed by atoms with E-state index in [0.717, 1.165) is 5.56 Å². The molecule has 54 heavy (non-hydrogen) atoms. The van der Waals surface area contributed by atoms with Crippen molar-refractivity contribution in [1.29, 1.82) is 0 Å². The van der Waals surface area contributed by atoms with Crippen LogP contribution in [0.25, 0.3) is 0 Å². The highest BCUT2D eigenvalue weighted by atomic mass is 16.5. The van der Waals surface area contributed by atoms with E-state index in [0.29, 0.717) is 22.8 Å². The molecule has 0 saturated carbocycles. The van der Waals surface area contributed by atoms with Crippen LogP contribution in [0.15, 0.2) is 60.7 Å². The smallest absolute Gasteiger partial charge is 0.335 e. The molecule has 0 radical (unpaired) electrons. The monoisotopic (exact) mass is 746 g/mol. The molecule has 3 fully saturated rings. The highest BCUT2D eigenvalue weighted by Gasteiger charge is 2.28. The van der Waals surface area contributed by atoms with Gasteiger partial charge in [-0.25, -0.2) is 28.8 Å². The normalized spacial score (nSPS) is 15.4. The first-order valence-corrected chi connectivity index (χ1v) is 16.0. The standard InChI is InChI=1S/C12H12N2O5.C12H12N2O4.C11H10N2O4/c1-19-9-3-2-7(11(16)17)6-8(9)14-5-4-10(15)13-12(14)18;1-7-2-3-8(11(16)17)6-9(7)14-5-4-10(15)13-12(14)18;14-9-4-5-13(11(17)12-9)8-3-1-2-7(6-8)10(15)16/h2-3,6H,4-5H2,1H3,(H,16,17)(H,13,15,18);2-3,6H,4-5H2,1H3,(H,16,17)(H,13,15,18);1-3,6H,4-5H2,(H,15,16)(H,12,14,17). The highest BCUT2D eigenvalue weighted by Crippen LogP contribution is 2.31. The van der Waals surface area contributed by atoms with E-state index in [1.165, 1.54) is 64.3 Å². The van der Waals surface area contributed by atoms with E-state index >= 15 is 0 Å². The molecule has 6 N–H and O–H groups in total. The number of aromatic carboxylic acids is 3. The summed E-state index contributed by atoms with van der Waals surface area (Å²) in [6, 6.07) is 13.2. The van der Waals surface area contributed by atoms with E-state index in [1.807, 2.05) is 0 Å². The topological polar surface area (TPSA) is 269 Å². The van der Waals surface area contributed by atoms with Crippen LogP contribution >= 0.6 is 0 Å². The number of carbonyl (C=O) groups is 9. The summed E-state index contributed by atoms with van der Waals surface area (Å²) in [4.78, 5) is 105. The Morgan fingerprint density at radius 2 is 1.00 bits per heavy atom. The van der Waals surface area contributed by atoms with E-state index in [1.54, 1.807) is 25.1 Å². The molecule has 3 heterocycles. The van der Waals surface area contributed by atoms with Crippen LogP contribution < -0.4 is 35.4 Å². The summed E-state index contributed by atoms with van der Waals surface area (Å²) in [5.41, 5.74) is 2.35. The molecule has 3 aromatic carbocycles. The van der Waals surface area contributed by atoms with Gasteiger partial charge in [-0.15, -0.1) is 0 Å². The van der Waals surface area contributed by atoms with Crippen LogP contribution in [-0.2, 0) is 14.4 Å². The molecule has 0 spiro atoms. The van der Waals surface area contributed by atoms with E-state index in [-0.39, 0.29) is 73.3 Å². The molecule has 3 aliphatic rings. The Kier molecular flexibility index (Phi) is 12.6. The van der Waals surface area contributed by atoms with E-state index < -0.39 is 36.0 Å². The summed E-state index contributed by atoms with van der Waals surface area (Å²) in [7, 11) is 1.42. The Morgan fingerprint density at radius 1 is 0.574 bits per heavy atom. The Morgan fingerprint density at radius 3 is 1.46 bits per heavy atom. The summed E-state index contributed by atoms with van der Waals surface area (Å²) < 4.78 is 5.11. The fourth-order valence-electron chi connectivity index (χ4n) is 5.27. The predicted molar refractivity (Wildman–Crippen MR) is 188 cm³/mol. The van der Waals surface area contributed by atoms with E-state index in [9.17, 15) is 43.2 Å². The maximum Gasteiger partial charge on any atom is 0.335 e.